The number of fused-ring (bicyclic) bond motifs is 2. The van der Waals surface area contributed by atoms with E-state index in [1.165, 1.54) is 16.8 Å². The number of nitrogens with two attached hydrogens (primary N) is 2. The van der Waals surface area contributed by atoms with Crippen molar-refractivity contribution in [1.29, 1.82) is 0 Å². The predicted octanol–water partition coefficient (Wildman–Crippen LogP) is 5.34. The zero-order valence-electron chi connectivity index (χ0n) is 19.5. The third-order valence-corrected chi connectivity index (χ3v) is 6.26. The van der Waals surface area contributed by atoms with Crippen molar-refractivity contribution >= 4 is 33.4 Å². The molecule has 0 fully saturated rings. The zero-order valence-corrected chi connectivity index (χ0v) is 19.5. The van der Waals surface area contributed by atoms with Gasteiger partial charge in [0.1, 0.15) is 23.3 Å². The summed E-state index contributed by atoms with van der Waals surface area (Å²) in [7, 11) is 0. The summed E-state index contributed by atoms with van der Waals surface area (Å²) < 4.78 is 58.0. The Hall–Kier alpha value is -5.06. The molecule has 0 aliphatic rings. The van der Waals surface area contributed by atoms with Gasteiger partial charge in [-0.1, -0.05) is 18.2 Å². The first-order valence-electron chi connectivity index (χ1n) is 11.4. The zero-order chi connectivity index (χ0) is 26.6. The van der Waals surface area contributed by atoms with Crippen LogP contribution in [0.5, 0.6) is 0 Å². The average molecular weight is 515 g/mol. The third kappa shape index (κ3) is 3.76. The average Bonchev–Trinajstić information content (AvgIpc) is 3.26. The Labute approximate surface area is 212 Å². The summed E-state index contributed by atoms with van der Waals surface area (Å²) in [5.74, 6) is -4.04. The van der Waals surface area contributed by atoms with Crippen LogP contribution >= 0.6 is 0 Å². The molecule has 7 nitrogen and oxygen atoms in total. The summed E-state index contributed by atoms with van der Waals surface area (Å²) in [6.45, 7) is 0. The largest absolute Gasteiger partial charge is 0.383 e. The fourth-order valence-corrected chi connectivity index (χ4v) is 4.51. The van der Waals surface area contributed by atoms with E-state index in [0.29, 0.717) is 22.7 Å². The molecule has 0 spiro atoms. The van der Waals surface area contributed by atoms with Crippen molar-refractivity contribution in [2.75, 3.05) is 11.5 Å². The van der Waals surface area contributed by atoms with Crippen molar-refractivity contribution in [2.24, 2.45) is 0 Å². The number of hydrogen-bond acceptors (Lipinski definition) is 6. The van der Waals surface area contributed by atoms with E-state index in [0.717, 1.165) is 23.0 Å². The van der Waals surface area contributed by atoms with E-state index < -0.39 is 35.3 Å². The van der Waals surface area contributed by atoms with Crippen molar-refractivity contribution in [1.82, 2.24) is 24.7 Å². The van der Waals surface area contributed by atoms with Crippen LogP contribution in [-0.4, -0.2) is 24.7 Å². The number of pyridine rings is 1. The number of aromatic nitrogens is 5. The van der Waals surface area contributed by atoms with Gasteiger partial charge in [-0.3, -0.25) is 4.98 Å². The van der Waals surface area contributed by atoms with Crippen molar-refractivity contribution < 1.29 is 17.6 Å². The molecule has 0 amide bonds. The highest BCUT2D eigenvalue weighted by molar-refractivity contribution is 6.00. The van der Waals surface area contributed by atoms with E-state index in [4.69, 9.17) is 11.5 Å². The number of nitrogen functional groups attached to an aromatic ring is 2. The molecule has 11 heteroatoms. The molecule has 38 heavy (non-hydrogen) atoms. The second-order valence-corrected chi connectivity index (χ2v) is 8.56. The monoisotopic (exact) mass is 515 g/mol. The molecule has 6 aromatic rings. The number of halogens is 4. The van der Waals surface area contributed by atoms with Gasteiger partial charge in [0.15, 0.2) is 11.6 Å². The molecule has 3 aromatic carbocycles. The van der Waals surface area contributed by atoms with E-state index >= 15 is 0 Å². The van der Waals surface area contributed by atoms with Crippen LogP contribution in [0.1, 0.15) is 11.3 Å². The standard InChI is InChI=1S/C27H17F4N7/c28-13-6-9-22-17(11-13)21(12-16-18(29)7-8-19(30)24(16)31)37-38(22)27-35-25(32)23(26(33)36-27)15-3-1-5-20-14(15)4-2-10-34-20/h1-11H,12H2,(H4,32,33,35,36). The highest BCUT2D eigenvalue weighted by Gasteiger charge is 2.22. The predicted molar refractivity (Wildman–Crippen MR) is 135 cm³/mol. The summed E-state index contributed by atoms with van der Waals surface area (Å²) in [6, 6.07) is 14.4. The fourth-order valence-electron chi connectivity index (χ4n) is 4.51. The molecule has 6 rings (SSSR count). The summed E-state index contributed by atoms with van der Waals surface area (Å²) in [6.07, 6.45) is 1.22. The van der Waals surface area contributed by atoms with Gasteiger partial charge >= 0.3 is 0 Å². The molecule has 4 N–H and O–H groups in total. The first kappa shape index (κ1) is 23.3. The lowest BCUT2D eigenvalue weighted by Gasteiger charge is -2.12. The minimum Gasteiger partial charge on any atom is -0.383 e. The Morgan fingerprint density at radius 3 is 2.34 bits per heavy atom. The first-order valence-corrected chi connectivity index (χ1v) is 11.4. The first-order chi connectivity index (χ1) is 18.3. The minimum atomic E-state index is -1.34. The summed E-state index contributed by atoms with van der Waals surface area (Å²) >= 11 is 0. The van der Waals surface area contributed by atoms with E-state index in [9.17, 15) is 17.6 Å². The highest BCUT2D eigenvalue weighted by atomic mass is 19.2. The highest BCUT2D eigenvalue weighted by Crippen LogP contribution is 2.35. The quantitative estimate of drug-likeness (QED) is 0.242. The number of nitrogens with zero attached hydrogens (tertiary/aromatic N) is 5. The minimum absolute atomic E-state index is 0.0369. The molecular formula is C27H17F4N7. The summed E-state index contributed by atoms with van der Waals surface area (Å²) in [5, 5.41) is 5.42. The van der Waals surface area contributed by atoms with Gasteiger partial charge in [0, 0.05) is 29.0 Å². The van der Waals surface area contributed by atoms with Gasteiger partial charge in [0.2, 0.25) is 0 Å². The van der Waals surface area contributed by atoms with Crippen molar-refractivity contribution in [3.05, 3.63) is 101 Å². The number of rotatable bonds is 4. The van der Waals surface area contributed by atoms with Gasteiger partial charge in [0.05, 0.1) is 22.3 Å². The Bertz CT molecular complexity index is 1860. The van der Waals surface area contributed by atoms with Crippen LogP contribution in [0, 0.1) is 23.3 Å². The maximum Gasteiger partial charge on any atom is 0.255 e. The van der Waals surface area contributed by atoms with Crippen molar-refractivity contribution in [3.8, 4) is 17.1 Å². The van der Waals surface area contributed by atoms with Crippen LogP contribution < -0.4 is 11.5 Å². The van der Waals surface area contributed by atoms with Crippen molar-refractivity contribution in [2.45, 2.75) is 6.42 Å². The molecule has 0 atom stereocenters. The Kier molecular flexibility index (Phi) is 5.41. The van der Waals surface area contributed by atoms with Gasteiger partial charge in [-0.25, -0.2) is 17.6 Å². The van der Waals surface area contributed by atoms with Crippen LogP contribution in [0.25, 0.3) is 38.9 Å². The molecule has 0 saturated heterocycles. The van der Waals surface area contributed by atoms with Crippen LogP contribution in [0.2, 0.25) is 0 Å². The topological polar surface area (TPSA) is 109 Å². The molecule has 0 aliphatic heterocycles. The SMILES string of the molecule is Nc1nc(-n2nc(Cc3c(F)ccc(F)c3F)c3cc(F)ccc32)nc(N)c1-c1cccc2ncccc12. The Morgan fingerprint density at radius 1 is 0.789 bits per heavy atom. The summed E-state index contributed by atoms with van der Waals surface area (Å²) in [5.41, 5.74) is 14.4. The molecule has 3 aromatic heterocycles. The lowest BCUT2D eigenvalue weighted by Crippen LogP contribution is -2.10. The van der Waals surface area contributed by atoms with Crippen LogP contribution in [-0.2, 0) is 6.42 Å². The summed E-state index contributed by atoms with van der Waals surface area (Å²) in [4.78, 5) is 13.1. The van der Waals surface area contributed by atoms with Crippen LogP contribution in [0.15, 0.2) is 66.9 Å². The maximum absolute atomic E-state index is 14.4. The van der Waals surface area contributed by atoms with Gasteiger partial charge in [-0.2, -0.15) is 19.7 Å². The molecular weight excluding hydrogens is 498 g/mol. The van der Waals surface area contributed by atoms with E-state index in [-0.39, 0.29) is 28.7 Å². The lowest BCUT2D eigenvalue weighted by molar-refractivity contribution is 0.482. The molecule has 0 unspecified atom stereocenters. The number of hydrogen-bond donors (Lipinski definition) is 2. The molecule has 0 bridgehead atoms. The molecule has 0 saturated carbocycles. The normalized spacial score (nSPS) is 11.5. The Morgan fingerprint density at radius 2 is 1.55 bits per heavy atom. The van der Waals surface area contributed by atoms with Gasteiger partial charge in [-0.05, 0) is 48.0 Å². The molecule has 0 radical (unpaired) electrons. The van der Waals surface area contributed by atoms with Gasteiger partial charge in [0.25, 0.3) is 5.95 Å². The number of benzene rings is 3. The third-order valence-electron chi connectivity index (χ3n) is 6.26. The van der Waals surface area contributed by atoms with E-state index in [1.807, 2.05) is 24.3 Å². The van der Waals surface area contributed by atoms with Gasteiger partial charge in [-0.15, -0.1) is 0 Å². The Balaban J connectivity index is 1.51. The van der Waals surface area contributed by atoms with E-state index in [2.05, 4.69) is 20.1 Å². The fraction of sp³-hybridized carbons (Fsp3) is 0.0370. The molecule has 188 valence electrons. The van der Waals surface area contributed by atoms with Crippen LogP contribution in [0.4, 0.5) is 29.2 Å². The lowest BCUT2D eigenvalue weighted by atomic mass is 10.0. The second kappa shape index (κ2) is 8.80. The van der Waals surface area contributed by atoms with Crippen molar-refractivity contribution in [3.63, 3.8) is 0 Å². The van der Waals surface area contributed by atoms with E-state index in [1.54, 1.807) is 12.3 Å². The smallest absolute Gasteiger partial charge is 0.255 e. The molecule has 3 heterocycles. The maximum atomic E-state index is 14.4. The van der Waals surface area contributed by atoms with Crippen LogP contribution in [0.3, 0.4) is 0 Å². The number of anilines is 2. The second-order valence-electron chi connectivity index (χ2n) is 8.56. The van der Waals surface area contributed by atoms with Gasteiger partial charge < -0.3 is 11.5 Å². The molecule has 0 aliphatic carbocycles.